The number of carbonyl (C=O) groups is 3. The quantitative estimate of drug-likeness (QED) is 0.257. The predicted molar refractivity (Wildman–Crippen MR) is 143 cm³/mol. The lowest BCUT2D eigenvalue weighted by atomic mass is 10.0. The average Bonchev–Trinajstić information content (AvgIpc) is 2.92. The maximum absolute atomic E-state index is 13.4. The first-order valence-electron chi connectivity index (χ1n) is 11.4. The Bertz CT molecular complexity index is 1110. The molecule has 8 nitrogen and oxygen atoms in total. The van der Waals surface area contributed by atoms with Crippen molar-refractivity contribution in [1.29, 1.82) is 0 Å². The summed E-state index contributed by atoms with van der Waals surface area (Å²) in [5.74, 6) is 0.412. The lowest BCUT2D eigenvalue weighted by molar-refractivity contribution is -0.120. The van der Waals surface area contributed by atoms with Crippen LogP contribution in [-0.4, -0.2) is 44.5 Å². The summed E-state index contributed by atoms with van der Waals surface area (Å²) in [5.41, 5.74) is 2.59. The number of carbonyl (C=O) groups excluding carboxylic acids is 3. The van der Waals surface area contributed by atoms with Crippen LogP contribution >= 0.6 is 12.1 Å². The number of ether oxygens (including phenoxy) is 1. The molecule has 3 aromatic carbocycles. The van der Waals surface area contributed by atoms with Gasteiger partial charge in [0.1, 0.15) is 18.1 Å². The van der Waals surface area contributed by atoms with Crippen LogP contribution in [0, 0.1) is 0 Å². The van der Waals surface area contributed by atoms with Gasteiger partial charge in [0.25, 0.3) is 0 Å². The third kappa shape index (κ3) is 8.14. The molecule has 0 spiro atoms. The van der Waals surface area contributed by atoms with Crippen molar-refractivity contribution in [3.8, 4) is 5.75 Å². The highest BCUT2D eigenvalue weighted by Crippen LogP contribution is 2.19. The van der Waals surface area contributed by atoms with Gasteiger partial charge in [-0.15, -0.1) is 0 Å². The number of hydrogen-bond donors (Lipinski definition) is 3. The molecule has 0 fully saturated rings. The van der Waals surface area contributed by atoms with E-state index < -0.39 is 18.1 Å². The molecular formula is C27H30N4O4S. The van der Waals surface area contributed by atoms with Crippen molar-refractivity contribution in [2.75, 3.05) is 19.1 Å². The zero-order chi connectivity index (χ0) is 25.8. The molecule has 1 unspecified atom stereocenters. The minimum absolute atomic E-state index is 0.271. The molecule has 0 aliphatic rings. The molecule has 3 amide bonds. The number of nitrogens with one attached hydrogen (secondary N) is 3. The molecule has 0 aromatic heterocycles. The van der Waals surface area contributed by atoms with Crippen LogP contribution in [0.15, 0.2) is 84.9 Å². The maximum atomic E-state index is 13.4. The number of hydrogen-bond acceptors (Lipinski definition) is 6. The van der Waals surface area contributed by atoms with Gasteiger partial charge < -0.3 is 19.7 Å². The van der Waals surface area contributed by atoms with Gasteiger partial charge in [-0.2, -0.15) is 0 Å². The van der Waals surface area contributed by atoms with E-state index in [4.69, 9.17) is 4.74 Å². The number of likely N-dealkylation sites (N-methyl/N-ethyl adjacent to an activating group) is 1. The van der Waals surface area contributed by atoms with Gasteiger partial charge in [-0.05, 0) is 41.8 Å². The summed E-state index contributed by atoms with van der Waals surface area (Å²) in [7, 11) is 3.24. The van der Waals surface area contributed by atoms with Crippen molar-refractivity contribution < 1.29 is 19.1 Å². The summed E-state index contributed by atoms with van der Waals surface area (Å²) < 4.78 is 10.7. The smallest absolute Gasteiger partial charge is 0.326 e. The van der Waals surface area contributed by atoms with Gasteiger partial charge in [0.15, 0.2) is 0 Å². The Hall–Kier alpha value is -3.82. The summed E-state index contributed by atoms with van der Waals surface area (Å²) in [5, 5.41) is 2.76. The van der Waals surface area contributed by atoms with Gasteiger partial charge >= 0.3 is 6.03 Å². The molecule has 3 rings (SSSR count). The molecule has 3 N–H and O–H groups in total. The highest BCUT2D eigenvalue weighted by Gasteiger charge is 2.25. The molecule has 188 valence electrons. The average molecular weight is 507 g/mol. The number of amides is 3. The fraction of sp³-hybridized carbons (Fsp3) is 0.222. The van der Waals surface area contributed by atoms with Gasteiger partial charge in [0.05, 0.1) is 13.2 Å². The van der Waals surface area contributed by atoms with Crippen molar-refractivity contribution >= 4 is 36.0 Å². The molecule has 2 atom stereocenters. The lowest BCUT2D eigenvalue weighted by Crippen LogP contribution is -2.51. The molecule has 0 aliphatic heterocycles. The monoisotopic (exact) mass is 506 g/mol. The second-order valence-corrected chi connectivity index (χ2v) is 8.71. The van der Waals surface area contributed by atoms with E-state index >= 15 is 0 Å². The summed E-state index contributed by atoms with van der Waals surface area (Å²) in [6.07, 6.45) is 1.60. The second-order valence-electron chi connectivity index (χ2n) is 8.07. The molecule has 0 radical (unpaired) electrons. The summed E-state index contributed by atoms with van der Waals surface area (Å²) in [4.78, 5) is 39.0. The highest BCUT2D eigenvalue weighted by atomic mass is 32.2. The third-order valence-corrected chi connectivity index (χ3v) is 6.20. The Balaban J connectivity index is 1.61. The minimum atomic E-state index is -0.814. The molecule has 0 bridgehead atoms. The molecule has 9 heteroatoms. The molecule has 0 saturated heterocycles. The van der Waals surface area contributed by atoms with E-state index in [1.807, 2.05) is 60.7 Å². The maximum Gasteiger partial charge on any atom is 0.326 e. The van der Waals surface area contributed by atoms with Gasteiger partial charge in [-0.3, -0.25) is 9.52 Å². The fourth-order valence-corrected chi connectivity index (χ4v) is 4.04. The fourth-order valence-electron chi connectivity index (χ4n) is 3.54. The lowest BCUT2D eigenvalue weighted by Gasteiger charge is -2.25. The highest BCUT2D eigenvalue weighted by molar-refractivity contribution is 7.96. The first kappa shape index (κ1) is 26.8. The third-order valence-electron chi connectivity index (χ3n) is 5.49. The van der Waals surface area contributed by atoms with Crippen LogP contribution in [-0.2, 0) is 22.4 Å². The number of urea groups is 1. The zero-order valence-corrected chi connectivity index (χ0v) is 21.0. The van der Waals surface area contributed by atoms with Crippen molar-refractivity contribution in [2.24, 2.45) is 0 Å². The molecular weight excluding hydrogens is 476 g/mol. The predicted octanol–water partition coefficient (Wildman–Crippen LogP) is 3.53. The Morgan fingerprint density at radius 3 is 2.06 bits per heavy atom. The number of rotatable bonds is 12. The van der Waals surface area contributed by atoms with Crippen LogP contribution in [0.5, 0.6) is 5.75 Å². The minimum Gasteiger partial charge on any atom is -0.497 e. The molecule has 0 saturated carbocycles. The van der Waals surface area contributed by atoms with Crippen LogP contribution in [0.25, 0.3) is 0 Å². The van der Waals surface area contributed by atoms with Crippen LogP contribution < -0.4 is 24.4 Å². The standard InChI is InChI=1S/C27H30N4O4S/c1-31(23-13-15-24(35-2)16-14-23)26(33)25(18-21-11-7-4-8-12-21)28-27(34)30-36-29-22(19-32)17-20-9-5-3-6-10-20/h3-16,19,22,25,29H,17-18H2,1-2H3,(H2,28,30,34)/t22-,25?/m0/s1. The van der Waals surface area contributed by atoms with E-state index in [2.05, 4.69) is 14.8 Å². The van der Waals surface area contributed by atoms with E-state index in [1.165, 1.54) is 4.90 Å². The Kier molecular flexibility index (Phi) is 10.3. The van der Waals surface area contributed by atoms with Crippen molar-refractivity contribution in [2.45, 2.75) is 24.9 Å². The summed E-state index contributed by atoms with van der Waals surface area (Å²) in [6.45, 7) is 0. The first-order valence-corrected chi connectivity index (χ1v) is 12.2. The van der Waals surface area contributed by atoms with Crippen molar-refractivity contribution in [3.05, 3.63) is 96.1 Å². The molecule has 0 heterocycles. The molecule has 0 aliphatic carbocycles. The zero-order valence-electron chi connectivity index (χ0n) is 20.2. The number of nitrogens with zero attached hydrogens (tertiary/aromatic N) is 1. The number of methoxy groups -OCH3 is 1. The van der Waals surface area contributed by atoms with Gasteiger partial charge in [-0.1, -0.05) is 60.7 Å². The molecule has 36 heavy (non-hydrogen) atoms. The Labute approximate surface area is 215 Å². The van der Waals surface area contributed by atoms with Gasteiger partial charge in [0, 0.05) is 31.3 Å². The normalized spacial score (nSPS) is 12.2. The topological polar surface area (TPSA) is 99.8 Å². The van der Waals surface area contributed by atoms with Gasteiger partial charge in [0.2, 0.25) is 5.91 Å². The Morgan fingerprint density at radius 2 is 1.50 bits per heavy atom. The summed E-state index contributed by atoms with van der Waals surface area (Å²) in [6, 6.07) is 24.3. The SMILES string of the molecule is COc1ccc(N(C)C(=O)C(Cc2ccccc2)NC(=O)NSN[C@H](C=O)Cc2ccccc2)cc1. The number of aldehydes is 1. The van der Waals surface area contributed by atoms with E-state index in [-0.39, 0.29) is 5.91 Å². The van der Waals surface area contributed by atoms with Crippen molar-refractivity contribution in [3.63, 3.8) is 0 Å². The van der Waals surface area contributed by atoms with Crippen LogP contribution in [0.1, 0.15) is 11.1 Å². The first-order chi connectivity index (χ1) is 17.5. The van der Waals surface area contributed by atoms with Crippen LogP contribution in [0.4, 0.5) is 10.5 Å². The van der Waals surface area contributed by atoms with E-state index in [9.17, 15) is 14.4 Å². The van der Waals surface area contributed by atoms with Crippen molar-refractivity contribution in [1.82, 2.24) is 14.8 Å². The van der Waals surface area contributed by atoms with Crippen LogP contribution in [0.2, 0.25) is 0 Å². The largest absolute Gasteiger partial charge is 0.497 e. The second kappa shape index (κ2) is 13.9. The summed E-state index contributed by atoms with van der Waals surface area (Å²) >= 11 is 0.900. The van der Waals surface area contributed by atoms with E-state index in [0.29, 0.717) is 24.3 Å². The number of anilines is 1. The van der Waals surface area contributed by atoms with Gasteiger partial charge in [-0.25, -0.2) is 9.52 Å². The number of benzene rings is 3. The molecule has 3 aromatic rings. The van der Waals surface area contributed by atoms with Crippen LogP contribution in [0.3, 0.4) is 0 Å². The Morgan fingerprint density at radius 1 is 0.917 bits per heavy atom. The van der Waals surface area contributed by atoms with E-state index in [0.717, 1.165) is 29.5 Å². The van der Waals surface area contributed by atoms with E-state index in [1.54, 1.807) is 38.4 Å².